The summed E-state index contributed by atoms with van der Waals surface area (Å²) in [6.07, 6.45) is 2.08. The second-order valence-corrected chi connectivity index (χ2v) is 10.8. The monoisotopic (exact) mass is 519 g/mol. The topological polar surface area (TPSA) is 90.9 Å². The third-order valence-electron chi connectivity index (χ3n) is 4.81. The van der Waals surface area contributed by atoms with Gasteiger partial charge in [-0.05, 0) is 54.6 Å². The predicted molar refractivity (Wildman–Crippen MR) is 135 cm³/mol. The molecule has 1 N–H and O–H groups in total. The third kappa shape index (κ3) is 6.78. The number of thiophene rings is 1. The number of esters is 2. The van der Waals surface area contributed by atoms with Crippen molar-refractivity contribution in [3.8, 4) is 5.75 Å². The van der Waals surface area contributed by atoms with Crippen molar-refractivity contribution < 1.29 is 32.5 Å². The van der Waals surface area contributed by atoms with Gasteiger partial charge in [0.15, 0.2) is 0 Å². The number of carbonyl (C=O) groups is 2. The lowest BCUT2D eigenvalue weighted by atomic mass is 10.2. The minimum atomic E-state index is -4.32. The van der Waals surface area contributed by atoms with Crippen molar-refractivity contribution in [2.24, 2.45) is 0 Å². The lowest BCUT2D eigenvalue weighted by Gasteiger charge is -2.26. The van der Waals surface area contributed by atoms with Gasteiger partial charge < -0.3 is 14.0 Å². The van der Waals surface area contributed by atoms with E-state index >= 15 is 4.39 Å². The normalized spacial score (nSPS) is 14.5. The first-order valence-corrected chi connectivity index (χ1v) is 13.5. The molecule has 3 rings (SSSR count). The highest BCUT2D eigenvalue weighted by atomic mass is 32.1. The molecular formula is C25H27FNO6PS. The second kappa shape index (κ2) is 12.1. The predicted octanol–water partition coefficient (Wildman–Crippen LogP) is 6.42. The van der Waals surface area contributed by atoms with Crippen molar-refractivity contribution in [1.29, 1.82) is 0 Å². The zero-order valence-electron chi connectivity index (χ0n) is 19.4. The second-order valence-electron chi connectivity index (χ2n) is 7.65. The molecule has 0 saturated heterocycles. The fourth-order valence-corrected chi connectivity index (χ4v) is 5.99. The summed E-state index contributed by atoms with van der Waals surface area (Å²) in [5, 5.41) is 3.13. The van der Waals surface area contributed by atoms with Crippen LogP contribution in [0, 0.1) is 0 Å². The number of halogens is 1. The molecule has 0 aliphatic rings. The summed E-state index contributed by atoms with van der Waals surface area (Å²) >= 11 is 1.20. The molecule has 3 atom stereocenters. The van der Waals surface area contributed by atoms with Crippen LogP contribution in [0.1, 0.15) is 41.4 Å². The van der Waals surface area contributed by atoms with Crippen molar-refractivity contribution in [2.45, 2.75) is 32.2 Å². The van der Waals surface area contributed by atoms with E-state index in [1.54, 1.807) is 42.5 Å². The Hall–Kier alpha value is -3.00. The molecule has 1 aromatic heterocycles. The maximum Gasteiger partial charge on any atom is 0.355 e. The molecule has 0 unspecified atom stereocenters. The van der Waals surface area contributed by atoms with Crippen LogP contribution in [0.2, 0.25) is 0 Å². The van der Waals surface area contributed by atoms with Gasteiger partial charge in [-0.2, -0.15) is 0 Å². The van der Waals surface area contributed by atoms with Crippen molar-refractivity contribution >= 4 is 40.9 Å². The number of ether oxygens (including phenoxy) is 2. The van der Waals surface area contributed by atoms with Crippen LogP contribution in [-0.2, 0) is 18.8 Å². The van der Waals surface area contributed by atoms with Crippen LogP contribution in [0.4, 0.5) is 4.39 Å². The van der Waals surface area contributed by atoms with E-state index in [1.165, 1.54) is 36.5 Å². The summed E-state index contributed by atoms with van der Waals surface area (Å²) in [6, 6.07) is 13.3. The molecule has 35 heavy (non-hydrogen) atoms. The van der Waals surface area contributed by atoms with Gasteiger partial charge in [0, 0.05) is 4.70 Å². The van der Waals surface area contributed by atoms with E-state index < -0.39 is 31.4 Å². The Kier molecular flexibility index (Phi) is 9.20. The summed E-state index contributed by atoms with van der Waals surface area (Å²) in [7, 11) is -4.32. The van der Waals surface area contributed by atoms with Gasteiger partial charge in [0.05, 0.1) is 6.61 Å². The summed E-state index contributed by atoms with van der Waals surface area (Å²) in [6.45, 7) is 7.07. The van der Waals surface area contributed by atoms with E-state index in [1.807, 2.05) is 6.92 Å². The van der Waals surface area contributed by atoms with Gasteiger partial charge in [-0.25, -0.2) is 14.3 Å². The molecule has 0 radical (unpaired) electrons. The minimum absolute atomic E-state index is 0.0715. The Balaban J connectivity index is 1.91. The molecule has 7 nitrogen and oxygen atoms in total. The van der Waals surface area contributed by atoms with E-state index in [9.17, 15) is 14.2 Å². The molecule has 1 heterocycles. The van der Waals surface area contributed by atoms with Gasteiger partial charge >= 0.3 is 19.5 Å². The molecule has 186 valence electrons. The van der Waals surface area contributed by atoms with Crippen LogP contribution in [0.25, 0.3) is 10.1 Å². The smallest absolute Gasteiger partial charge is 0.355 e. The maximum absolute atomic E-state index is 15.9. The van der Waals surface area contributed by atoms with Crippen LogP contribution in [0.5, 0.6) is 5.75 Å². The summed E-state index contributed by atoms with van der Waals surface area (Å²) < 4.78 is 46.3. The first-order chi connectivity index (χ1) is 16.8. The van der Waals surface area contributed by atoms with Crippen LogP contribution in [-0.4, -0.2) is 31.2 Å². The van der Waals surface area contributed by atoms with Gasteiger partial charge in [-0.1, -0.05) is 43.8 Å². The Bertz CT molecular complexity index is 1230. The number of nitrogens with one attached hydrogen (secondary N) is 1. The van der Waals surface area contributed by atoms with E-state index in [2.05, 4.69) is 11.7 Å². The molecule has 0 aliphatic carbocycles. The minimum Gasteiger partial charge on any atom is -0.465 e. The fourth-order valence-electron chi connectivity index (χ4n) is 3.14. The first-order valence-electron chi connectivity index (χ1n) is 11.0. The van der Waals surface area contributed by atoms with Crippen LogP contribution < -0.4 is 9.61 Å². The molecule has 0 spiro atoms. The van der Waals surface area contributed by atoms with Crippen molar-refractivity contribution in [3.05, 3.63) is 77.7 Å². The van der Waals surface area contributed by atoms with E-state index in [0.717, 1.165) is 4.70 Å². The maximum atomic E-state index is 15.9. The quantitative estimate of drug-likeness (QED) is 0.168. The average molecular weight is 520 g/mol. The van der Waals surface area contributed by atoms with Gasteiger partial charge in [0.25, 0.3) is 0 Å². The number of fused-ring (bicyclic) bond motifs is 1. The average Bonchev–Trinajstić information content (AvgIpc) is 3.29. The number of rotatable bonds is 12. The molecule has 3 aromatic rings. The van der Waals surface area contributed by atoms with E-state index in [4.69, 9.17) is 14.0 Å². The summed E-state index contributed by atoms with van der Waals surface area (Å²) in [5.41, 5.74) is 0.0715. The van der Waals surface area contributed by atoms with E-state index in [0.29, 0.717) is 16.7 Å². The highest BCUT2D eigenvalue weighted by molar-refractivity contribution is 7.57. The molecule has 0 saturated carbocycles. The molecular weight excluding hydrogens is 492 g/mol. The Labute approximate surface area is 207 Å². The van der Waals surface area contributed by atoms with Crippen LogP contribution in [0.15, 0.2) is 67.3 Å². The zero-order chi connectivity index (χ0) is 25.4. The highest BCUT2D eigenvalue weighted by Crippen LogP contribution is 2.58. The standard InChI is InChI=1S/C25H27FNO6PS/c1-4-13-31-24(28)17(3)27-34(30,33-20-9-7-6-8-10-20)23(26)18-11-12-21-19(15-18)16-22(35-21)25(29)32-14-5-2/h5-12,15-17,23H,2,4,13-14H2,1,3H3,(H,27,30)/t17-,23-,34+/m0/s1. The van der Waals surface area contributed by atoms with E-state index in [-0.39, 0.29) is 24.5 Å². The van der Waals surface area contributed by atoms with Gasteiger partial charge in [0.1, 0.15) is 23.3 Å². The van der Waals surface area contributed by atoms with Gasteiger partial charge in [-0.15, -0.1) is 11.3 Å². The lowest BCUT2D eigenvalue weighted by Crippen LogP contribution is -2.35. The molecule has 0 amide bonds. The lowest BCUT2D eigenvalue weighted by molar-refractivity contribution is -0.145. The number of alkyl halides is 1. The molecule has 0 aliphatic heterocycles. The molecule has 10 heteroatoms. The van der Waals surface area contributed by atoms with Gasteiger partial charge in [0.2, 0.25) is 5.91 Å². The number of para-hydroxylation sites is 1. The Morgan fingerprint density at radius 2 is 1.91 bits per heavy atom. The zero-order valence-corrected chi connectivity index (χ0v) is 21.2. The SMILES string of the molecule is C=CCOC(=O)c1cc2cc([C@@H](F)[P@](=O)(N[C@@H](C)C(=O)OCCC)Oc3ccccc3)ccc2s1. The first kappa shape index (κ1) is 26.6. The number of carbonyl (C=O) groups excluding carboxylic acids is 2. The third-order valence-corrected chi connectivity index (χ3v) is 8.03. The van der Waals surface area contributed by atoms with Crippen molar-refractivity contribution in [1.82, 2.24) is 5.09 Å². The van der Waals surface area contributed by atoms with Crippen molar-refractivity contribution in [2.75, 3.05) is 13.2 Å². The number of benzene rings is 2. The van der Waals surface area contributed by atoms with Crippen LogP contribution in [0.3, 0.4) is 0 Å². The largest absolute Gasteiger partial charge is 0.465 e. The summed E-state index contributed by atoms with van der Waals surface area (Å²) in [5.74, 6) is -3.09. The van der Waals surface area contributed by atoms with Crippen molar-refractivity contribution in [3.63, 3.8) is 0 Å². The fraction of sp³-hybridized carbons (Fsp3) is 0.280. The number of hydrogen-bond donors (Lipinski definition) is 1. The van der Waals surface area contributed by atoms with Crippen LogP contribution >= 0.6 is 18.9 Å². The molecule has 0 fully saturated rings. The Morgan fingerprint density at radius 1 is 1.17 bits per heavy atom. The highest BCUT2D eigenvalue weighted by Gasteiger charge is 2.40. The molecule has 2 aromatic carbocycles. The Morgan fingerprint density at radius 3 is 2.60 bits per heavy atom. The number of hydrogen-bond acceptors (Lipinski definition) is 7. The summed E-state index contributed by atoms with van der Waals surface area (Å²) in [4.78, 5) is 24.8. The van der Waals surface area contributed by atoms with Gasteiger partial charge in [-0.3, -0.25) is 9.36 Å². The molecule has 0 bridgehead atoms.